The second kappa shape index (κ2) is 11.8. The van der Waals surface area contributed by atoms with Crippen LogP contribution in [-0.2, 0) is 33.4 Å². The quantitative estimate of drug-likeness (QED) is 0.347. The summed E-state index contributed by atoms with van der Waals surface area (Å²) in [7, 11) is -3.72. The minimum atomic E-state index is -3.72. The molecule has 1 aliphatic rings. The number of halogens is 1. The summed E-state index contributed by atoms with van der Waals surface area (Å²) in [5, 5.41) is 0.518. The van der Waals surface area contributed by atoms with Crippen molar-refractivity contribution in [3.8, 4) is 0 Å². The van der Waals surface area contributed by atoms with Gasteiger partial charge in [0.1, 0.15) is 0 Å². The number of carbonyl (C=O) groups excluding carboxylic acids is 1. The lowest BCUT2D eigenvalue weighted by atomic mass is 10.1. The Balaban J connectivity index is 1.68. The van der Waals surface area contributed by atoms with Gasteiger partial charge in [-0.25, -0.2) is 13.4 Å². The van der Waals surface area contributed by atoms with Crippen LogP contribution in [-0.4, -0.2) is 48.0 Å². The van der Waals surface area contributed by atoms with Crippen LogP contribution in [0.25, 0.3) is 0 Å². The highest BCUT2D eigenvalue weighted by Crippen LogP contribution is 2.24. The molecule has 2 aromatic carbocycles. The van der Waals surface area contributed by atoms with Crippen molar-refractivity contribution in [2.24, 2.45) is 5.92 Å². The maximum Gasteiger partial charge on any atom is 0.254 e. The molecule has 0 saturated carbocycles. The van der Waals surface area contributed by atoms with Crippen LogP contribution in [0.5, 0.6) is 0 Å². The molecule has 9 heteroatoms. The topological polar surface area (TPSA) is 81.5 Å². The Bertz CT molecular complexity index is 1350. The zero-order valence-corrected chi connectivity index (χ0v) is 23.1. The highest BCUT2D eigenvalue weighted by molar-refractivity contribution is 7.90. The first kappa shape index (κ1) is 27.4. The van der Waals surface area contributed by atoms with Gasteiger partial charge in [-0.3, -0.25) is 4.79 Å². The Morgan fingerprint density at radius 1 is 1.22 bits per heavy atom. The summed E-state index contributed by atoms with van der Waals surface area (Å²) in [5.74, 6) is -0.134. The van der Waals surface area contributed by atoms with Gasteiger partial charge in [0.2, 0.25) is 15.0 Å². The number of nitrogens with zero attached hydrogens (tertiary/aromatic N) is 3. The normalized spacial score (nSPS) is 15.9. The molecule has 198 valence electrons. The van der Waals surface area contributed by atoms with Crippen molar-refractivity contribution in [1.82, 2.24) is 14.5 Å². The number of carbonyl (C=O) groups is 1. The zero-order chi connectivity index (χ0) is 26.6. The molecule has 0 N–H and O–H groups in total. The third-order valence-corrected chi connectivity index (χ3v) is 8.30. The molecule has 4 rings (SSSR count). The van der Waals surface area contributed by atoms with Gasteiger partial charge in [-0.15, -0.1) is 0 Å². The number of imidazole rings is 1. The van der Waals surface area contributed by atoms with Crippen molar-refractivity contribution in [2.45, 2.75) is 63.7 Å². The minimum absolute atomic E-state index is 0.0340. The van der Waals surface area contributed by atoms with Gasteiger partial charge in [-0.2, -0.15) is 0 Å². The number of rotatable bonds is 10. The van der Waals surface area contributed by atoms with E-state index in [4.69, 9.17) is 16.3 Å². The van der Waals surface area contributed by atoms with Crippen molar-refractivity contribution >= 4 is 27.3 Å². The monoisotopic (exact) mass is 543 g/mol. The molecule has 1 aliphatic heterocycles. The zero-order valence-electron chi connectivity index (χ0n) is 21.6. The van der Waals surface area contributed by atoms with E-state index >= 15 is 0 Å². The van der Waals surface area contributed by atoms with Gasteiger partial charge >= 0.3 is 0 Å². The van der Waals surface area contributed by atoms with E-state index < -0.39 is 9.84 Å². The van der Waals surface area contributed by atoms with Gasteiger partial charge in [-0.1, -0.05) is 55.8 Å². The first-order valence-corrected chi connectivity index (χ1v) is 14.6. The number of amides is 1. The summed E-state index contributed by atoms with van der Waals surface area (Å²) < 4.78 is 34.6. The molecule has 2 heterocycles. The maximum absolute atomic E-state index is 13.6. The van der Waals surface area contributed by atoms with E-state index in [-0.39, 0.29) is 35.4 Å². The van der Waals surface area contributed by atoms with Gasteiger partial charge < -0.3 is 14.2 Å². The standard InChI is InChI=1S/C28H34ClN3O4S/c1-20(2)16-32-25(15-30-28(32)37(34,35)19-23-9-5-4-8-21(23)3)17-31(18-26-12-7-13-36-26)27(33)22-10-6-11-24(29)14-22/h4-6,8-11,14-15,20,26H,7,12-13,16-19H2,1-3H3/t26-/m1/s1. The van der Waals surface area contributed by atoms with Crippen LogP contribution in [0.15, 0.2) is 59.9 Å². The summed E-state index contributed by atoms with van der Waals surface area (Å²) in [6.07, 6.45) is 3.35. The largest absolute Gasteiger partial charge is 0.376 e. The fourth-order valence-corrected chi connectivity index (χ4v) is 6.41. The fraction of sp³-hybridized carbons (Fsp3) is 0.429. The SMILES string of the molecule is Cc1ccccc1CS(=O)(=O)c1ncc(CN(C[C@H]2CCCO2)C(=O)c2cccc(Cl)c2)n1CC(C)C. The average Bonchev–Trinajstić information content (AvgIpc) is 3.50. The lowest BCUT2D eigenvalue weighted by molar-refractivity contribution is 0.0501. The lowest BCUT2D eigenvalue weighted by Crippen LogP contribution is -2.37. The number of hydrogen-bond donors (Lipinski definition) is 0. The van der Waals surface area contributed by atoms with Gasteiger partial charge in [0.05, 0.1) is 30.3 Å². The Labute approximate surface area is 224 Å². The van der Waals surface area contributed by atoms with Crippen LogP contribution < -0.4 is 0 Å². The molecule has 0 unspecified atom stereocenters. The number of benzene rings is 2. The van der Waals surface area contributed by atoms with E-state index in [9.17, 15) is 13.2 Å². The number of ether oxygens (including phenoxy) is 1. The smallest absolute Gasteiger partial charge is 0.254 e. The summed E-state index contributed by atoms with van der Waals surface area (Å²) in [6.45, 7) is 7.73. The summed E-state index contributed by atoms with van der Waals surface area (Å²) in [6, 6.07) is 14.3. The molecule has 1 fully saturated rings. The second-order valence-electron chi connectivity index (χ2n) is 10.1. The van der Waals surface area contributed by atoms with Crippen LogP contribution in [0.2, 0.25) is 5.02 Å². The first-order valence-electron chi connectivity index (χ1n) is 12.6. The summed E-state index contributed by atoms with van der Waals surface area (Å²) in [4.78, 5) is 19.7. The van der Waals surface area contributed by atoms with Crippen molar-refractivity contribution in [3.63, 3.8) is 0 Å². The van der Waals surface area contributed by atoms with Gasteiger partial charge in [-0.05, 0) is 55.0 Å². The molecule has 1 saturated heterocycles. The van der Waals surface area contributed by atoms with E-state index in [0.717, 1.165) is 24.0 Å². The number of sulfone groups is 1. The van der Waals surface area contributed by atoms with Gasteiger partial charge in [0.15, 0.2) is 0 Å². The lowest BCUT2D eigenvalue weighted by Gasteiger charge is -2.26. The molecule has 0 spiro atoms. The molecular weight excluding hydrogens is 510 g/mol. The summed E-state index contributed by atoms with van der Waals surface area (Å²) in [5.41, 5.74) is 2.82. The van der Waals surface area contributed by atoms with E-state index in [2.05, 4.69) is 4.98 Å². The Morgan fingerprint density at radius 2 is 2.00 bits per heavy atom. The Kier molecular flexibility index (Phi) is 8.72. The van der Waals surface area contributed by atoms with Crippen LogP contribution in [0.1, 0.15) is 53.9 Å². The predicted octanol–water partition coefficient (Wildman–Crippen LogP) is 5.30. The average molecular weight is 544 g/mol. The molecule has 0 radical (unpaired) electrons. The molecule has 7 nitrogen and oxygen atoms in total. The number of aryl methyl sites for hydroxylation is 1. The van der Waals surface area contributed by atoms with Crippen molar-refractivity contribution in [3.05, 3.63) is 82.1 Å². The number of aromatic nitrogens is 2. The molecule has 1 amide bonds. The maximum atomic E-state index is 13.6. The van der Waals surface area contributed by atoms with E-state index in [1.54, 1.807) is 39.9 Å². The van der Waals surface area contributed by atoms with Crippen LogP contribution in [0.4, 0.5) is 0 Å². The van der Waals surface area contributed by atoms with E-state index in [1.165, 1.54) is 0 Å². The molecule has 0 aliphatic carbocycles. The molecular formula is C28H34ClN3O4S. The van der Waals surface area contributed by atoms with Crippen molar-refractivity contribution in [2.75, 3.05) is 13.2 Å². The third kappa shape index (κ3) is 6.80. The summed E-state index contributed by atoms with van der Waals surface area (Å²) >= 11 is 6.16. The molecule has 0 bridgehead atoms. The highest BCUT2D eigenvalue weighted by Gasteiger charge is 2.28. The van der Waals surface area contributed by atoms with Crippen LogP contribution >= 0.6 is 11.6 Å². The Hall–Kier alpha value is -2.68. The van der Waals surface area contributed by atoms with E-state index in [0.29, 0.717) is 36.0 Å². The van der Waals surface area contributed by atoms with Crippen molar-refractivity contribution in [1.29, 1.82) is 0 Å². The van der Waals surface area contributed by atoms with Crippen LogP contribution in [0.3, 0.4) is 0 Å². The second-order valence-corrected chi connectivity index (χ2v) is 12.4. The fourth-order valence-electron chi connectivity index (χ4n) is 4.62. The highest BCUT2D eigenvalue weighted by atomic mass is 35.5. The molecule has 37 heavy (non-hydrogen) atoms. The van der Waals surface area contributed by atoms with Crippen molar-refractivity contribution < 1.29 is 17.9 Å². The third-order valence-electron chi connectivity index (χ3n) is 6.49. The predicted molar refractivity (Wildman–Crippen MR) is 144 cm³/mol. The first-order chi connectivity index (χ1) is 17.6. The molecule has 1 aromatic heterocycles. The molecule has 3 aromatic rings. The van der Waals surface area contributed by atoms with Gasteiger partial charge in [0, 0.05) is 30.3 Å². The van der Waals surface area contributed by atoms with Crippen LogP contribution in [0, 0.1) is 12.8 Å². The number of hydrogen-bond acceptors (Lipinski definition) is 5. The Morgan fingerprint density at radius 3 is 2.68 bits per heavy atom. The van der Waals surface area contributed by atoms with Gasteiger partial charge in [0.25, 0.3) is 5.91 Å². The minimum Gasteiger partial charge on any atom is -0.376 e. The van der Waals surface area contributed by atoms with E-state index in [1.807, 2.05) is 45.0 Å². The molecule has 1 atom stereocenters.